The summed E-state index contributed by atoms with van der Waals surface area (Å²) in [6, 6.07) is 6.12. The number of aliphatic carboxylic acids is 2. The molecule has 1 aromatic rings. The van der Waals surface area contributed by atoms with Gasteiger partial charge in [0.25, 0.3) is 0 Å². The van der Waals surface area contributed by atoms with Crippen LogP contribution >= 0.6 is 0 Å². The number of hydrogen-bond donors (Lipinski definition) is 4. The minimum absolute atomic E-state index is 0.0628. The highest BCUT2D eigenvalue weighted by molar-refractivity contribution is 5.67. The van der Waals surface area contributed by atoms with Gasteiger partial charge < -0.3 is 10.2 Å². The standard InChI is InChI=1S/C6H6N2O2.C6H10O4/c9-7-5-1-2-6(8-10)4-3-5;7-5(8)3-1-2-4-6(9)10/h1-4,7,9H;1-4H2,(H,7,8)(H,9,10). The smallest absolute Gasteiger partial charge is 0.303 e. The number of nitrogens with one attached hydrogen (secondary N) is 1. The molecule has 0 fully saturated rings. The number of carbonyl (C=O) groups is 2. The van der Waals surface area contributed by atoms with Crippen LogP contribution in [0.15, 0.2) is 29.4 Å². The average Bonchev–Trinajstić information content (AvgIpc) is 2.44. The Bertz CT molecular complexity index is 416. The van der Waals surface area contributed by atoms with Gasteiger partial charge in [-0.2, -0.15) is 0 Å². The molecular weight excluding hydrogens is 268 g/mol. The number of anilines is 1. The van der Waals surface area contributed by atoms with E-state index in [0.717, 1.165) is 0 Å². The molecule has 0 saturated carbocycles. The van der Waals surface area contributed by atoms with E-state index in [1.165, 1.54) is 12.1 Å². The molecule has 110 valence electrons. The second-order valence-electron chi connectivity index (χ2n) is 3.74. The Balaban J connectivity index is 0.000000361. The normalized spacial score (nSPS) is 9.05. The van der Waals surface area contributed by atoms with Gasteiger partial charge in [0, 0.05) is 12.8 Å². The van der Waals surface area contributed by atoms with Gasteiger partial charge in [0.1, 0.15) is 5.69 Å². The minimum atomic E-state index is -0.870. The summed E-state index contributed by atoms with van der Waals surface area (Å²) in [7, 11) is 0. The molecule has 0 radical (unpaired) electrons. The molecule has 0 spiro atoms. The van der Waals surface area contributed by atoms with Crippen molar-refractivity contribution in [1.29, 1.82) is 0 Å². The van der Waals surface area contributed by atoms with Crippen molar-refractivity contribution in [3.05, 3.63) is 29.2 Å². The van der Waals surface area contributed by atoms with Crippen LogP contribution in [-0.4, -0.2) is 27.4 Å². The number of carboxylic acids is 2. The van der Waals surface area contributed by atoms with Gasteiger partial charge in [-0.3, -0.25) is 20.3 Å². The predicted octanol–water partition coefficient (Wildman–Crippen LogP) is 2.60. The number of unbranched alkanes of at least 4 members (excludes halogenated alkanes) is 1. The molecule has 0 aliphatic carbocycles. The molecule has 8 nitrogen and oxygen atoms in total. The number of hydrogen-bond acceptors (Lipinski definition) is 6. The first-order valence-corrected chi connectivity index (χ1v) is 5.76. The molecule has 0 heterocycles. The molecule has 4 N–H and O–H groups in total. The average molecular weight is 284 g/mol. The maximum Gasteiger partial charge on any atom is 0.303 e. The van der Waals surface area contributed by atoms with Crippen LogP contribution in [-0.2, 0) is 9.59 Å². The first-order chi connectivity index (χ1) is 9.49. The summed E-state index contributed by atoms with van der Waals surface area (Å²) in [4.78, 5) is 29.7. The largest absolute Gasteiger partial charge is 0.481 e. The van der Waals surface area contributed by atoms with E-state index in [2.05, 4.69) is 5.18 Å². The maximum atomic E-state index is 9.90. The van der Waals surface area contributed by atoms with Gasteiger partial charge in [-0.1, -0.05) is 0 Å². The van der Waals surface area contributed by atoms with Gasteiger partial charge in [-0.05, 0) is 42.3 Å². The summed E-state index contributed by atoms with van der Waals surface area (Å²) in [5.74, 6) is -1.74. The monoisotopic (exact) mass is 284 g/mol. The third kappa shape index (κ3) is 9.54. The zero-order valence-corrected chi connectivity index (χ0v) is 10.7. The van der Waals surface area contributed by atoms with E-state index in [1.54, 1.807) is 12.1 Å². The van der Waals surface area contributed by atoms with Gasteiger partial charge >= 0.3 is 11.9 Å². The van der Waals surface area contributed by atoms with Gasteiger partial charge in [0.2, 0.25) is 0 Å². The zero-order valence-electron chi connectivity index (χ0n) is 10.7. The van der Waals surface area contributed by atoms with E-state index < -0.39 is 11.9 Å². The molecule has 0 saturated heterocycles. The molecule has 0 amide bonds. The van der Waals surface area contributed by atoms with Crippen molar-refractivity contribution >= 4 is 23.3 Å². The van der Waals surface area contributed by atoms with Crippen LogP contribution in [0, 0.1) is 4.91 Å². The van der Waals surface area contributed by atoms with Gasteiger partial charge in [-0.25, -0.2) is 0 Å². The Kier molecular flexibility index (Phi) is 9.15. The Hall–Kier alpha value is -2.48. The summed E-state index contributed by atoms with van der Waals surface area (Å²) in [5, 5.41) is 27.3. The van der Waals surface area contributed by atoms with E-state index in [-0.39, 0.29) is 12.8 Å². The van der Waals surface area contributed by atoms with Crippen molar-refractivity contribution in [1.82, 2.24) is 0 Å². The number of nitroso groups, excluding NO2 is 1. The lowest BCUT2D eigenvalue weighted by Crippen LogP contribution is -1.97. The fraction of sp³-hybridized carbons (Fsp3) is 0.333. The van der Waals surface area contributed by atoms with Gasteiger partial charge in [-0.15, -0.1) is 4.91 Å². The lowest BCUT2D eigenvalue weighted by Gasteiger charge is -1.95. The van der Waals surface area contributed by atoms with Crippen LogP contribution in [0.25, 0.3) is 0 Å². The number of benzene rings is 1. The topological polar surface area (TPSA) is 136 Å². The molecular formula is C12H16N2O6. The van der Waals surface area contributed by atoms with E-state index in [9.17, 15) is 14.5 Å². The molecule has 0 atom stereocenters. The number of rotatable bonds is 7. The predicted molar refractivity (Wildman–Crippen MR) is 71.0 cm³/mol. The molecule has 0 unspecified atom stereocenters. The Morgan fingerprint density at radius 3 is 1.75 bits per heavy atom. The Morgan fingerprint density at radius 1 is 1.00 bits per heavy atom. The third-order valence-electron chi connectivity index (χ3n) is 2.13. The van der Waals surface area contributed by atoms with E-state index in [1.807, 2.05) is 5.48 Å². The molecule has 0 aliphatic heterocycles. The maximum absolute atomic E-state index is 9.90. The van der Waals surface area contributed by atoms with Crippen molar-refractivity contribution in [3.8, 4) is 0 Å². The lowest BCUT2D eigenvalue weighted by molar-refractivity contribution is -0.139. The second kappa shape index (κ2) is 10.4. The molecule has 1 aromatic carbocycles. The van der Waals surface area contributed by atoms with Crippen molar-refractivity contribution in [2.75, 3.05) is 5.48 Å². The third-order valence-corrected chi connectivity index (χ3v) is 2.13. The summed E-state index contributed by atoms with van der Waals surface area (Å²) in [5.41, 5.74) is 2.82. The Labute approximate surface area is 115 Å². The van der Waals surface area contributed by atoms with Crippen LogP contribution in [0.2, 0.25) is 0 Å². The highest BCUT2D eigenvalue weighted by atomic mass is 16.5. The molecule has 0 bridgehead atoms. The number of carboxylic acid groups (broad SMARTS) is 2. The van der Waals surface area contributed by atoms with E-state index in [0.29, 0.717) is 24.2 Å². The van der Waals surface area contributed by atoms with Crippen LogP contribution in [0.1, 0.15) is 25.7 Å². The van der Waals surface area contributed by atoms with Crippen molar-refractivity contribution in [3.63, 3.8) is 0 Å². The van der Waals surface area contributed by atoms with Crippen LogP contribution < -0.4 is 5.48 Å². The highest BCUT2D eigenvalue weighted by Gasteiger charge is 1.99. The summed E-state index contributed by atoms with van der Waals surface area (Å²) in [6.45, 7) is 0. The van der Waals surface area contributed by atoms with Crippen molar-refractivity contribution in [2.45, 2.75) is 25.7 Å². The quantitative estimate of drug-likeness (QED) is 0.343. The van der Waals surface area contributed by atoms with Crippen molar-refractivity contribution < 1.29 is 25.0 Å². The molecule has 1 rings (SSSR count). The molecule has 8 heteroatoms. The fourth-order valence-electron chi connectivity index (χ4n) is 1.15. The van der Waals surface area contributed by atoms with Gasteiger partial charge in [0.15, 0.2) is 0 Å². The zero-order chi connectivity index (χ0) is 15.4. The summed E-state index contributed by atoms with van der Waals surface area (Å²) < 4.78 is 0. The molecule has 0 aliphatic rings. The fourth-order valence-corrected chi connectivity index (χ4v) is 1.15. The van der Waals surface area contributed by atoms with Crippen LogP contribution in [0.5, 0.6) is 0 Å². The summed E-state index contributed by atoms with van der Waals surface area (Å²) >= 11 is 0. The number of nitrogens with zero attached hydrogens (tertiary/aromatic N) is 1. The lowest BCUT2D eigenvalue weighted by atomic mass is 10.2. The molecule has 20 heavy (non-hydrogen) atoms. The highest BCUT2D eigenvalue weighted by Crippen LogP contribution is 2.14. The first-order valence-electron chi connectivity index (χ1n) is 5.76. The van der Waals surface area contributed by atoms with Crippen LogP contribution in [0.4, 0.5) is 11.4 Å². The van der Waals surface area contributed by atoms with Crippen LogP contribution in [0.3, 0.4) is 0 Å². The minimum Gasteiger partial charge on any atom is -0.481 e. The van der Waals surface area contributed by atoms with Crippen molar-refractivity contribution in [2.24, 2.45) is 5.18 Å². The Morgan fingerprint density at radius 2 is 1.45 bits per heavy atom. The SMILES string of the molecule is O=C(O)CCCCC(=O)O.O=Nc1ccc(NO)cc1. The summed E-state index contributed by atoms with van der Waals surface area (Å²) in [6.07, 6.45) is 1.02. The second-order valence-corrected chi connectivity index (χ2v) is 3.74. The van der Waals surface area contributed by atoms with E-state index in [4.69, 9.17) is 15.4 Å². The van der Waals surface area contributed by atoms with E-state index >= 15 is 0 Å². The van der Waals surface area contributed by atoms with Gasteiger partial charge in [0.05, 0.1) is 5.69 Å². The first kappa shape index (κ1) is 17.5. The molecule has 0 aromatic heterocycles.